The Morgan fingerprint density at radius 3 is 2.06 bits per heavy atom. The molecule has 0 aromatic heterocycles. The molecule has 2 nitrogen and oxygen atoms in total. The van der Waals surface area contributed by atoms with E-state index in [1.165, 1.54) is 27.9 Å². The van der Waals surface area contributed by atoms with Crippen LogP contribution in [0.2, 0.25) is 0 Å². The van der Waals surface area contributed by atoms with Crippen LogP contribution in [-0.4, -0.2) is 26.7 Å². The van der Waals surface area contributed by atoms with Gasteiger partial charge in [0, 0.05) is 25.8 Å². The van der Waals surface area contributed by atoms with Gasteiger partial charge in [-0.3, -0.25) is 0 Å². The van der Waals surface area contributed by atoms with E-state index in [2.05, 4.69) is 57.9 Å². The molecular formula is C15H26N2. The number of likely N-dealkylation sites (N-methyl/N-ethyl adjacent to an activating group) is 2. The monoisotopic (exact) mass is 234 g/mol. The van der Waals surface area contributed by atoms with Gasteiger partial charge in [0.15, 0.2) is 0 Å². The third kappa shape index (κ3) is 3.22. The van der Waals surface area contributed by atoms with E-state index in [9.17, 15) is 0 Å². The fraction of sp³-hybridized carbons (Fsp3) is 0.600. The van der Waals surface area contributed by atoms with Gasteiger partial charge in [-0.25, -0.2) is 0 Å². The molecule has 0 aliphatic heterocycles. The Morgan fingerprint density at radius 2 is 1.59 bits per heavy atom. The Bertz CT molecular complexity index is 357. The quantitative estimate of drug-likeness (QED) is 0.788. The van der Waals surface area contributed by atoms with Gasteiger partial charge in [-0.2, -0.15) is 0 Å². The summed E-state index contributed by atoms with van der Waals surface area (Å²) in [7, 11) is 2.19. The van der Waals surface area contributed by atoms with Crippen LogP contribution < -0.4 is 10.2 Å². The summed E-state index contributed by atoms with van der Waals surface area (Å²) in [5.74, 6) is 0. The van der Waals surface area contributed by atoms with Crippen LogP contribution in [0.25, 0.3) is 0 Å². The summed E-state index contributed by atoms with van der Waals surface area (Å²) < 4.78 is 0. The van der Waals surface area contributed by atoms with E-state index >= 15 is 0 Å². The van der Waals surface area contributed by atoms with E-state index in [-0.39, 0.29) is 0 Å². The molecule has 0 saturated heterocycles. The molecule has 2 heteroatoms. The predicted octanol–water partition coefficient (Wildman–Crippen LogP) is 2.97. The van der Waals surface area contributed by atoms with Gasteiger partial charge in [-0.15, -0.1) is 0 Å². The van der Waals surface area contributed by atoms with Crippen LogP contribution in [-0.2, 0) is 0 Å². The molecule has 1 aromatic rings. The van der Waals surface area contributed by atoms with Gasteiger partial charge < -0.3 is 10.2 Å². The number of nitrogens with zero attached hydrogens (tertiary/aromatic N) is 1. The number of hydrogen-bond donors (Lipinski definition) is 1. The van der Waals surface area contributed by atoms with E-state index in [4.69, 9.17) is 0 Å². The first-order valence-corrected chi connectivity index (χ1v) is 6.48. The molecule has 0 saturated carbocycles. The van der Waals surface area contributed by atoms with Crippen molar-refractivity contribution in [3.05, 3.63) is 28.3 Å². The Balaban J connectivity index is 2.95. The number of aryl methyl sites for hydroxylation is 2. The first-order valence-electron chi connectivity index (χ1n) is 6.48. The van der Waals surface area contributed by atoms with Crippen LogP contribution in [0, 0.1) is 27.7 Å². The third-order valence-electron chi connectivity index (χ3n) is 3.58. The van der Waals surface area contributed by atoms with Gasteiger partial charge in [-0.05, 0) is 56.5 Å². The first-order chi connectivity index (χ1) is 7.99. The van der Waals surface area contributed by atoms with Crippen molar-refractivity contribution in [2.75, 3.05) is 31.6 Å². The SMILES string of the molecule is CCNCCN(C)c1c(C)c(C)cc(C)c1C. The lowest BCUT2D eigenvalue weighted by atomic mass is 9.98. The molecule has 96 valence electrons. The summed E-state index contributed by atoms with van der Waals surface area (Å²) in [6.45, 7) is 14.1. The number of anilines is 1. The van der Waals surface area contributed by atoms with E-state index in [1.54, 1.807) is 0 Å². The highest BCUT2D eigenvalue weighted by Gasteiger charge is 2.11. The molecule has 0 aliphatic rings. The molecule has 0 radical (unpaired) electrons. The molecular weight excluding hydrogens is 208 g/mol. The molecule has 17 heavy (non-hydrogen) atoms. The van der Waals surface area contributed by atoms with Crippen LogP contribution in [0.5, 0.6) is 0 Å². The van der Waals surface area contributed by atoms with Gasteiger partial charge in [0.2, 0.25) is 0 Å². The number of nitrogens with one attached hydrogen (secondary N) is 1. The lowest BCUT2D eigenvalue weighted by Gasteiger charge is -2.26. The zero-order valence-electron chi connectivity index (χ0n) is 12.1. The molecule has 1 aromatic carbocycles. The minimum atomic E-state index is 1.04. The van der Waals surface area contributed by atoms with Crippen LogP contribution in [0.4, 0.5) is 5.69 Å². The minimum Gasteiger partial charge on any atom is -0.373 e. The molecule has 0 bridgehead atoms. The zero-order valence-corrected chi connectivity index (χ0v) is 12.1. The van der Waals surface area contributed by atoms with E-state index in [0.717, 1.165) is 19.6 Å². The fourth-order valence-corrected chi connectivity index (χ4v) is 2.30. The zero-order chi connectivity index (χ0) is 13.0. The summed E-state index contributed by atoms with van der Waals surface area (Å²) in [6.07, 6.45) is 0. The largest absolute Gasteiger partial charge is 0.373 e. The van der Waals surface area contributed by atoms with Crippen LogP contribution >= 0.6 is 0 Å². The maximum atomic E-state index is 3.38. The maximum Gasteiger partial charge on any atom is 0.0428 e. The number of rotatable bonds is 5. The molecule has 0 fully saturated rings. The van der Waals surface area contributed by atoms with Gasteiger partial charge in [-0.1, -0.05) is 13.0 Å². The second-order valence-corrected chi connectivity index (χ2v) is 4.88. The van der Waals surface area contributed by atoms with Crippen molar-refractivity contribution in [3.8, 4) is 0 Å². The minimum absolute atomic E-state index is 1.04. The van der Waals surface area contributed by atoms with Crippen molar-refractivity contribution in [1.29, 1.82) is 0 Å². The summed E-state index contributed by atoms with van der Waals surface area (Å²) in [5, 5.41) is 3.38. The highest BCUT2D eigenvalue weighted by Crippen LogP contribution is 2.29. The topological polar surface area (TPSA) is 15.3 Å². The van der Waals surface area contributed by atoms with Crippen molar-refractivity contribution in [3.63, 3.8) is 0 Å². The van der Waals surface area contributed by atoms with Crippen molar-refractivity contribution < 1.29 is 0 Å². The van der Waals surface area contributed by atoms with Gasteiger partial charge in [0.1, 0.15) is 0 Å². The number of hydrogen-bond acceptors (Lipinski definition) is 2. The van der Waals surface area contributed by atoms with E-state index < -0.39 is 0 Å². The van der Waals surface area contributed by atoms with Crippen molar-refractivity contribution >= 4 is 5.69 Å². The second kappa shape index (κ2) is 6.06. The number of benzene rings is 1. The van der Waals surface area contributed by atoms with Gasteiger partial charge in [0.05, 0.1) is 0 Å². The summed E-state index contributed by atoms with van der Waals surface area (Å²) >= 11 is 0. The van der Waals surface area contributed by atoms with Gasteiger partial charge >= 0.3 is 0 Å². The highest BCUT2D eigenvalue weighted by atomic mass is 15.1. The van der Waals surface area contributed by atoms with Gasteiger partial charge in [0.25, 0.3) is 0 Å². The fourth-order valence-electron chi connectivity index (χ4n) is 2.30. The predicted molar refractivity (Wildman–Crippen MR) is 77.2 cm³/mol. The molecule has 0 spiro atoms. The van der Waals surface area contributed by atoms with E-state index in [1.807, 2.05) is 0 Å². The van der Waals surface area contributed by atoms with Crippen molar-refractivity contribution in [1.82, 2.24) is 5.32 Å². The Labute approximate surface area is 106 Å². The molecule has 1 N–H and O–H groups in total. The Kier molecular flexibility index (Phi) is 5.01. The Morgan fingerprint density at radius 1 is 1.06 bits per heavy atom. The normalized spacial score (nSPS) is 10.7. The second-order valence-electron chi connectivity index (χ2n) is 4.88. The standard InChI is InChI=1S/C15H26N2/c1-7-16-8-9-17(6)15-13(4)11(2)10-12(3)14(15)5/h10,16H,7-9H2,1-6H3. The van der Waals surface area contributed by atoms with Crippen LogP contribution in [0.15, 0.2) is 6.07 Å². The lowest BCUT2D eigenvalue weighted by molar-refractivity contribution is 0.704. The average Bonchev–Trinajstić information content (AvgIpc) is 2.27. The summed E-state index contributed by atoms with van der Waals surface area (Å²) in [4.78, 5) is 2.37. The van der Waals surface area contributed by atoms with Crippen LogP contribution in [0.3, 0.4) is 0 Å². The van der Waals surface area contributed by atoms with Crippen molar-refractivity contribution in [2.45, 2.75) is 34.6 Å². The molecule has 1 rings (SSSR count). The first kappa shape index (κ1) is 14.0. The average molecular weight is 234 g/mol. The highest BCUT2D eigenvalue weighted by molar-refractivity contribution is 5.63. The summed E-state index contributed by atoms with van der Waals surface area (Å²) in [5.41, 5.74) is 7.00. The molecule has 0 heterocycles. The van der Waals surface area contributed by atoms with E-state index in [0.29, 0.717) is 0 Å². The molecule has 0 amide bonds. The molecule has 0 aliphatic carbocycles. The molecule has 0 atom stereocenters. The third-order valence-corrected chi connectivity index (χ3v) is 3.58. The smallest absolute Gasteiger partial charge is 0.0428 e. The maximum absolute atomic E-state index is 3.38. The van der Waals surface area contributed by atoms with Crippen molar-refractivity contribution in [2.24, 2.45) is 0 Å². The summed E-state index contributed by atoms with van der Waals surface area (Å²) in [6, 6.07) is 2.28. The lowest BCUT2D eigenvalue weighted by Crippen LogP contribution is -2.30. The van der Waals surface area contributed by atoms with Crippen LogP contribution in [0.1, 0.15) is 29.2 Å². The molecule has 0 unspecified atom stereocenters. The Hall–Kier alpha value is -1.02.